The minimum atomic E-state index is -0.319. The van der Waals surface area contributed by atoms with Crippen molar-refractivity contribution in [1.82, 2.24) is 24.4 Å². The van der Waals surface area contributed by atoms with Gasteiger partial charge in [-0.3, -0.25) is 18.4 Å². The number of halogens is 1. The number of aromatic nitrogens is 3. The van der Waals surface area contributed by atoms with Crippen molar-refractivity contribution in [2.75, 3.05) is 26.3 Å². The highest BCUT2D eigenvalue weighted by molar-refractivity contribution is 7.16. The smallest absolute Gasteiger partial charge is 0.291 e. The molecule has 9 heteroatoms. The van der Waals surface area contributed by atoms with E-state index < -0.39 is 0 Å². The molecule has 0 bridgehead atoms. The molecule has 0 saturated carbocycles. The molecule has 3 aromatic heterocycles. The molecule has 0 aromatic carbocycles. The summed E-state index contributed by atoms with van der Waals surface area (Å²) in [4.78, 5) is 28.9. The van der Waals surface area contributed by atoms with Gasteiger partial charge in [0.05, 0.1) is 6.67 Å². The van der Waals surface area contributed by atoms with Crippen molar-refractivity contribution >= 4 is 33.0 Å². The van der Waals surface area contributed by atoms with Crippen LogP contribution in [0.15, 0.2) is 22.3 Å². The van der Waals surface area contributed by atoms with E-state index in [0.29, 0.717) is 18.5 Å². The lowest BCUT2D eigenvalue weighted by atomic mass is 10.1. The molecule has 1 amide bonds. The molecule has 1 N–H and O–H groups in total. The van der Waals surface area contributed by atoms with Crippen molar-refractivity contribution in [3.05, 3.63) is 33.7 Å². The topological polar surface area (TPSA) is 71.6 Å². The molecule has 4 rings (SSSR count). The van der Waals surface area contributed by atoms with E-state index in [1.165, 1.54) is 4.68 Å². The van der Waals surface area contributed by atoms with Gasteiger partial charge >= 0.3 is 0 Å². The van der Waals surface area contributed by atoms with Crippen LogP contribution < -0.4 is 10.9 Å². The van der Waals surface area contributed by atoms with E-state index in [2.05, 4.69) is 15.3 Å². The Morgan fingerprint density at radius 1 is 1.43 bits per heavy atom. The lowest BCUT2D eigenvalue weighted by Gasteiger charge is -2.33. The molecule has 0 unspecified atom stereocenters. The molecule has 1 aliphatic rings. The third kappa shape index (κ3) is 4.13. The second kappa shape index (κ2) is 8.85. The SMILES string of the molecule is CC(C)c1nn(CC(=O)N[C@@H]2CCCN(CCCF)C2)c(=O)c2cc3ccsc3n12. The summed E-state index contributed by atoms with van der Waals surface area (Å²) in [5.41, 5.74) is 0.296. The van der Waals surface area contributed by atoms with Crippen LogP contribution in [0.5, 0.6) is 0 Å². The van der Waals surface area contributed by atoms with E-state index in [-0.39, 0.29) is 36.6 Å². The zero-order valence-electron chi connectivity index (χ0n) is 17.4. The van der Waals surface area contributed by atoms with Crippen LogP contribution in [-0.2, 0) is 11.3 Å². The maximum atomic E-state index is 13.0. The van der Waals surface area contributed by atoms with Crippen LogP contribution in [-0.4, -0.2) is 57.3 Å². The Morgan fingerprint density at radius 3 is 3.03 bits per heavy atom. The summed E-state index contributed by atoms with van der Waals surface area (Å²) in [6.07, 6.45) is 2.39. The van der Waals surface area contributed by atoms with Gasteiger partial charge in [0, 0.05) is 30.4 Å². The van der Waals surface area contributed by atoms with E-state index in [9.17, 15) is 14.0 Å². The van der Waals surface area contributed by atoms with Crippen molar-refractivity contribution in [3.8, 4) is 0 Å². The quantitative estimate of drug-likeness (QED) is 0.622. The minimum Gasteiger partial charge on any atom is -0.350 e. The number of rotatable bonds is 7. The van der Waals surface area contributed by atoms with Gasteiger partial charge in [-0.1, -0.05) is 13.8 Å². The lowest BCUT2D eigenvalue weighted by molar-refractivity contribution is -0.123. The third-order valence-electron chi connectivity index (χ3n) is 5.60. The third-order valence-corrected chi connectivity index (χ3v) is 6.52. The van der Waals surface area contributed by atoms with Crippen LogP contribution in [0, 0.1) is 0 Å². The van der Waals surface area contributed by atoms with E-state index in [1.807, 2.05) is 35.8 Å². The normalized spacial score (nSPS) is 17.9. The molecular weight excluding hydrogens is 405 g/mol. The van der Waals surface area contributed by atoms with Gasteiger partial charge in [-0.05, 0) is 43.3 Å². The Hall–Kier alpha value is -2.26. The number of carbonyl (C=O) groups excluding carboxylic acids is 1. The summed E-state index contributed by atoms with van der Waals surface area (Å²) in [5.74, 6) is 0.654. The number of fused-ring (bicyclic) bond motifs is 3. The molecule has 162 valence electrons. The first-order valence-electron chi connectivity index (χ1n) is 10.5. The van der Waals surface area contributed by atoms with Crippen LogP contribution >= 0.6 is 11.3 Å². The largest absolute Gasteiger partial charge is 0.350 e. The molecule has 30 heavy (non-hydrogen) atoms. The van der Waals surface area contributed by atoms with E-state index in [1.54, 1.807) is 11.3 Å². The maximum absolute atomic E-state index is 13.0. The van der Waals surface area contributed by atoms with Gasteiger partial charge in [0.2, 0.25) is 5.91 Å². The fraction of sp³-hybridized carbons (Fsp3) is 0.571. The van der Waals surface area contributed by atoms with Crippen LogP contribution in [0.25, 0.3) is 15.7 Å². The van der Waals surface area contributed by atoms with Gasteiger partial charge in [-0.25, -0.2) is 4.68 Å². The summed E-state index contributed by atoms with van der Waals surface area (Å²) in [6.45, 7) is 6.01. The zero-order chi connectivity index (χ0) is 21.3. The number of carbonyl (C=O) groups is 1. The number of thiophene rings is 1. The first-order chi connectivity index (χ1) is 14.5. The van der Waals surface area contributed by atoms with Crippen molar-refractivity contribution < 1.29 is 9.18 Å². The standard InChI is InChI=1S/C21H28FN5O2S/c1-14(2)19-24-26(20(29)17-11-15-6-10-30-21(15)27(17)19)13-18(28)23-16-5-3-8-25(12-16)9-4-7-22/h6,10-11,14,16H,3-5,7-9,12-13H2,1-2H3,(H,23,28)/t16-/m1/s1. The van der Waals surface area contributed by atoms with Crippen LogP contribution in [0.3, 0.4) is 0 Å². The number of piperidine rings is 1. The van der Waals surface area contributed by atoms with Crippen molar-refractivity contribution in [1.29, 1.82) is 0 Å². The fourth-order valence-corrected chi connectivity index (χ4v) is 5.11. The predicted molar refractivity (Wildman–Crippen MR) is 117 cm³/mol. The van der Waals surface area contributed by atoms with Gasteiger partial charge < -0.3 is 10.2 Å². The Bertz CT molecular complexity index is 1100. The number of hydrogen-bond acceptors (Lipinski definition) is 5. The van der Waals surface area contributed by atoms with E-state index in [0.717, 1.165) is 42.0 Å². The highest BCUT2D eigenvalue weighted by Crippen LogP contribution is 2.26. The van der Waals surface area contributed by atoms with Gasteiger partial charge in [0.25, 0.3) is 5.56 Å². The molecule has 1 atom stereocenters. The molecule has 0 radical (unpaired) electrons. The van der Waals surface area contributed by atoms with Gasteiger partial charge in [-0.15, -0.1) is 11.3 Å². The second-order valence-electron chi connectivity index (χ2n) is 8.27. The van der Waals surface area contributed by atoms with E-state index in [4.69, 9.17) is 0 Å². The average molecular weight is 434 g/mol. The molecule has 7 nitrogen and oxygen atoms in total. The molecule has 1 saturated heterocycles. The Morgan fingerprint density at radius 2 is 2.27 bits per heavy atom. The molecular formula is C21H28FN5O2S. The average Bonchev–Trinajstić information content (AvgIpc) is 3.30. The maximum Gasteiger partial charge on any atom is 0.291 e. The summed E-state index contributed by atoms with van der Waals surface area (Å²) in [5, 5.41) is 10.6. The summed E-state index contributed by atoms with van der Waals surface area (Å²) in [7, 11) is 0. The van der Waals surface area contributed by atoms with Gasteiger partial charge in [-0.2, -0.15) is 5.10 Å². The van der Waals surface area contributed by atoms with E-state index >= 15 is 0 Å². The molecule has 1 aliphatic heterocycles. The monoisotopic (exact) mass is 433 g/mol. The Kier molecular flexibility index (Phi) is 6.19. The molecule has 0 aliphatic carbocycles. The zero-order valence-corrected chi connectivity index (χ0v) is 18.3. The number of nitrogens with zero attached hydrogens (tertiary/aromatic N) is 4. The molecule has 0 spiro atoms. The number of nitrogens with one attached hydrogen (secondary N) is 1. The van der Waals surface area contributed by atoms with Gasteiger partial charge in [0.15, 0.2) is 0 Å². The Balaban J connectivity index is 1.54. The van der Waals surface area contributed by atoms with Crippen molar-refractivity contribution in [3.63, 3.8) is 0 Å². The highest BCUT2D eigenvalue weighted by atomic mass is 32.1. The first-order valence-corrected chi connectivity index (χ1v) is 11.4. The predicted octanol–water partition coefficient (Wildman–Crippen LogP) is 2.77. The summed E-state index contributed by atoms with van der Waals surface area (Å²) < 4.78 is 15.7. The highest BCUT2D eigenvalue weighted by Gasteiger charge is 2.23. The first kappa shape index (κ1) is 21.0. The van der Waals surface area contributed by atoms with Crippen LogP contribution in [0.2, 0.25) is 0 Å². The van der Waals surface area contributed by atoms with Crippen molar-refractivity contribution in [2.45, 2.75) is 51.6 Å². The number of amides is 1. The Labute approximate surface area is 178 Å². The molecule has 1 fully saturated rings. The number of alkyl halides is 1. The lowest BCUT2D eigenvalue weighted by Crippen LogP contribution is -2.49. The molecule has 3 aromatic rings. The minimum absolute atomic E-state index is 0.0218. The number of likely N-dealkylation sites (tertiary alicyclic amines) is 1. The van der Waals surface area contributed by atoms with Crippen LogP contribution in [0.4, 0.5) is 4.39 Å². The molecule has 4 heterocycles. The fourth-order valence-electron chi connectivity index (χ4n) is 4.20. The van der Waals surface area contributed by atoms with Crippen LogP contribution in [0.1, 0.15) is 44.9 Å². The van der Waals surface area contributed by atoms with Crippen molar-refractivity contribution in [2.24, 2.45) is 0 Å². The number of hydrogen-bond donors (Lipinski definition) is 1. The summed E-state index contributed by atoms with van der Waals surface area (Å²) in [6, 6.07) is 3.89. The van der Waals surface area contributed by atoms with Gasteiger partial charge in [0.1, 0.15) is 22.7 Å². The summed E-state index contributed by atoms with van der Waals surface area (Å²) >= 11 is 1.58. The second-order valence-corrected chi connectivity index (χ2v) is 9.17.